The largest absolute Gasteiger partial charge is 0.392 e. The Hall–Kier alpha value is -1.00. The molecule has 1 atom stereocenters. The minimum atomic E-state index is 0.155. The van der Waals surface area contributed by atoms with Crippen molar-refractivity contribution in [2.45, 2.75) is 25.9 Å². The quantitative estimate of drug-likeness (QED) is 0.770. The van der Waals surface area contributed by atoms with Gasteiger partial charge in [-0.2, -0.15) is 0 Å². The standard InChI is InChI=1S/C11H17N3S/c1-3-10(11(12)15)14(2)8-9-6-4-5-7-13-9/h4-7,10H,3,8H2,1-2H3,(H2,12,15). The molecule has 1 aromatic heterocycles. The third-order valence-electron chi connectivity index (χ3n) is 2.38. The second kappa shape index (κ2) is 5.78. The van der Waals surface area contributed by atoms with Gasteiger partial charge < -0.3 is 5.73 Å². The summed E-state index contributed by atoms with van der Waals surface area (Å²) in [5.74, 6) is 0. The zero-order valence-electron chi connectivity index (χ0n) is 9.18. The second-order valence-corrected chi connectivity index (χ2v) is 4.03. The van der Waals surface area contributed by atoms with Crippen molar-refractivity contribution in [3.05, 3.63) is 30.1 Å². The molecule has 2 N–H and O–H groups in total. The SMILES string of the molecule is CCC(C(N)=S)N(C)Cc1ccccn1. The van der Waals surface area contributed by atoms with Crippen molar-refractivity contribution in [3.63, 3.8) is 0 Å². The van der Waals surface area contributed by atoms with E-state index >= 15 is 0 Å². The summed E-state index contributed by atoms with van der Waals surface area (Å²) in [7, 11) is 2.02. The number of thiocarbonyl (C=S) groups is 1. The van der Waals surface area contributed by atoms with E-state index in [1.165, 1.54) is 0 Å². The molecule has 0 saturated carbocycles. The molecule has 0 saturated heterocycles. The lowest BCUT2D eigenvalue weighted by atomic mass is 10.2. The Morgan fingerprint density at radius 1 is 1.60 bits per heavy atom. The summed E-state index contributed by atoms with van der Waals surface area (Å²) in [4.78, 5) is 6.95. The van der Waals surface area contributed by atoms with Crippen molar-refractivity contribution in [1.29, 1.82) is 0 Å². The number of nitrogens with zero attached hydrogens (tertiary/aromatic N) is 2. The predicted octanol–water partition coefficient (Wildman–Crippen LogP) is 1.58. The molecule has 3 nitrogen and oxygen atoms in total. The maximum absolute atomic E-state index is 5.67. The Labute approximate surface area is 96.3 Å². The van der Waals surface area contributed by atoms with Crippen molar-refractivity contribution in [1.82, 2.24) is 9.88 Å². The van der Waals surface area contributed by atoms with E-state index in [2.05, 4.69) is 16.8 Å². The first kappa shape index (κ1) is 12.1. The highest BCUT2D eigenvalue weighted by atomic mass is 32.1. The van der Waals surface area contributed by atoms with Gasteiger partial charge in [-0.15, -0.1) is 0 Å². The number of nitrogens with two attached hydrogens (primary N) is 1. The first-order valence-electron chi connectivity index (χ1n) is 5.04. The van der Waals surface area contributed by atoms with Gasteiger partial charge in [-0.3, -0.25) is 9.88 Å². The molecule has 0 amide bonds. The highest BCUT2D eigenvalue weighted by Crippen LogP contribution is 2.06. The lowest BCUT2D eigenvalue weighted by Crippen LogP contribution is -2.40. The van der Waals surface area contributed by atoms with Gasteiger partial charge in [0.1, 0.15) is 0 Å². The van der Waals surface area contributed by atoms with Crippen LogP contribution in [0, 0.1) is 0 Å². The Morgan fingerprint density at radius 3 is 2.80 bits per heavy atom. The summed E-state index contributed by atoms with van der Waals surface area (Å²) >= 11 is 5.02. The van der Waals surface area contributed by atoms with Crippen LogP contribution in [0.15, 0.2) is 24.4 Å². The number of pyridine rings is 1. The molecule has 82 valence electrons. The monoisotopic (exact) mass is 223 g/mol. The van der Waals surface area contributed by atoms with Gasteiger partial charge in [-0.25, -0.2) is 0 Å². The highest BCUT2D eigenvalue weighted by molar-refractivity contribution is 7.80. The Bertz CT molecular complexity index is 313. The van der Waals surface area contributed by atoms with Crippen molar-refractivity contribution in [3.8, 4) is 0 Å². The summed E-state index contributed by atoms with van der Waals surface area (Å²) in [5, 5.41) is 0. The summed E-state index contributed by atoms with van der Waals surface area (Å²) in [6.07, 6.45) is 2.73. The van der Waals surface area contributed by atoms with Gasteiger partial charge in [0.25, 0.3) is 0 Å². The Balaban J connectivity index is 2.62. The maximum Gasteiger partial charge on any atom is 0.0901 e. The van der Waals surface area contributed by atoms with Gasteiger partial charge in [0, 0.05) is 12.7 Å². The van der Waals surface area contributed by atoms with Crippen molar-refractivity contribution in [2.75, 3.05) is 7.05 Å². The fourth-order valence-corrected chi connectivity index (χ4v) is 1.93. The van der Waals surface area contributed by atoms with Crippen LogP contribution in [0.3, 0.4) is 0 Å². The molecule has 0 aliphatic carbocycles. The van der Waals surface area contributed by atoms with Crippen molar-refractivity contribution >= 4 is 17.2 Å². The molecule has 0 aromatic carbocycles. The van der Waals surface area contributed by atoms with Crippen LogP contribution in [0.4, 0.5) is 0 Å². The number of rotatable bonds is 5. The fourth-order valence-electron chi connectivity index (χ4n) is 1.59. The third kappa shape index (κ3) is 3.57. The molecular formula is C11H17N3S. The maximum atomic E-state index is 5.67. The number of hydrogen-bond donors (Lipinski definition) is 1. The molecule has 1 aromatic rings. The fraction of sp³-hybridized carbons (Fsp3) is 0.455. The van der Waals surface area contributed by atoms with Crippen molar-refractivity contribution < 1.29 is 0 Å². The van der Waals surface area contributed by atoms with Crippen LogP contribution in [0.2, 0.25) is 0 Å². The zero-order valence-corrected chi connectivity index (χ0v) is 10.00. The van der Waals surface area contributed by atoms with E-state index < -0.39 is 0 Å². The van der Waals surface area contributed by atoms with E-state index in [0.29, 0.717) is 4.99 Å². The van der Waals surface area contributed by atoms with Crippen LogP contribution in [0.5, 0.6) is 0 Å². The molecule has 0 aliphatic rings. The van der Waals surface area contributed by atoms with Crippen molar-refractivity contribution in [2.24, 2.45) is 5.73 Å². The summed E-state index contributed by atoms with van der Waals surface area (Å²) in [6, 6.07) is 6.05. The van der Waals surface area contributed by atoms with Gasteiger partial charge in [0.15, 0.2) is 0 Å². The molecule has 1 heterocycles. The van der Waals surface area contributed by atoms with Gasteiger partial charge >= 0.3 is 0 Å². The van der Waals surface area contributed by atoms with Crippen LogP contribution in [0.1, 0.15) is 19.0 Å². The molecular weight excluding hydrogens is 206 g/mol. The Morgan fingerprint density at radius 2 is 2.33 bits per heavy atom. The molecule has 0 bridgehead atoms. The van der Waals surface area contributed by atoms with E-state index in [4.69, 9.17) is 18.0 Å². The van der Waals surface area contributed by atoms with Gasteiger partial charge in [0.2, 0.25) is 0 Å². The summed E-state index contributed by atoms with van der Waals surface area (Å²) < 4.78 is 0. The average Bonchev–Trinajstić information content (AvgIpc) is 2.19. The lowest BCUT2D eigenvalue weighted by molar-refractivity contribution is 0.280. The highest BCUT2D eigenvalue weighted by Gasteiger charge is 2.15. The second-order valence-electron chi connectivity index (χ2n) is 3.56. The van der Waals surface area contributed by atoms with E-state index in [1.54, 1.807) is 6.20 Å². The lowest BCUT2D eigenvalue weighted by Gasteiger charge is -2.25. The average molecular weight is 223 g/mol. The van der Waals surface area contributed by atoms with E-state index in [0.717, 1.165) is 18.7 Å². The van der Waals surface area contributed by atoms with Crippen LogP contribution >= 0.6 is 12.2 Å². The first-order chi connectivity index (χ1) is 7.15. The smallest absolute Gasteiger partial charge is 0.0901 e. The molecule has 0 fully saturated rings. The molecule has 0 spiro atoms. The minimum Gasteiger partial charge on any atom is -0.392 e. The molecule has 15 heavy (non-hydrogen) atoms. The number of likely N-dealkylation sites (N-methyl/N-ethyl adjacent to an activating group) is 1. The van der Waals surface area contributed by atoms with Gasteiger partial charge in [-0.05, 0) is 25.6 Å². The zero-order chi connectivity index (χ0) is 11.3. The first-order valence-corrected chi connectivity index (χ1v) is 5.45. The van der Waals surface area contributed by atoms with E-state index in [9.17, 15) is 0 Å². The molecule has 1 rings (SSSR count). The molecule has 4 heteroatoms. The topological polar surface area (TPSA) is 42.1 Å². The molecule has 0 radical (unpaired) electrons. The Kier molecular flexibility index (Phi) is 4.65. The van der Waals surface area contributed by atoms with Crippen LogP contribution in [-0.2, 0) is 6.54 Å². The normalized spacial score (nSPS) is 12.7. The van der Waals surface area contributed by atoms with Gasteiger partial charge in [0.05, 0.1) is 16.7 Å². The van der Waals surface area contributed by atoms with E-state index in [1.807, 2.05) is 25.2 Å². The summed E-state index contributed by atoms with van der Waals surface area (Å²) in [5.41, 5.74) is 6.71. The number of hydrogen-bond acceptors (Lipinski definition) is 3. The predicted molar refractivity (Wildman–Crippen MR) is 66.6 cm³/mol. The van der Waals surface area contributed by atoms with Crippen LogP contribution < -0.4 is 5.73 Å². The van der Waals surface area contributed by atoms with E-state index in [-0.39, 0.29) is 6.04 Å². The minimum absolute atomic E-state index is 0.155. The molecule has 1 unspecified atom stereocenters. The summed E-state index contributed by atoms with van der Waals surface area (Å²) in [6.45, 7) is 2.86. The molecule has 0 aliphatic heterocycles. The van der Waals surface area contributed by atoms with Crippen LogP contribution in [-0.4, -0.2) is 28.0 Å². The van der Waals surface area contributed by atoms with Gasteiger partial charge in [-0.1, -0.05) is 25.2 Å². The number of aromatic nitrogens is 1. The third-order valence-corrected chi connectivity index (χ3v) is 2.66. The van der Waals surface area contributed by atoms with Crippen LogP contribution in [0.25, 0.3) is 0 Å².